The monoisotopic (exact) mass is 344 g/mol. The molecule has 0 radical (unpaired) electrons. The van der Waals surface area contributed by atoms with Gasteiger partial charge in [-0.1, -0.05) is 48.0 Å². The quantitative estimate of drug-likeness (QED) is 0.345. The topological polar surface area (TPSA) is 52.6 Å². The summed E-state index contributed by atoms with van der Waals surface area (Å²) in [5.74, 6) is -0.663. The van der Waals surface area contributed by atoms with Crippen LogP contribution in [0.1, 0.15) is 21.5 Å². The molecule has 124 valence electrons. The molecule has 0 atom stereocenters. The van der Waals surface area contributed by atoms with Crippen LogP contribution in [-0.2, 0) is 20.7 Å². The second-order valence-corrected chi connectivity index (χ2v) is 5.40. The first-order chi connectivity index (χ1) is 11.6. The van der Waals surface area contributed by atoms with Crippen molar-refractivity contribution in [3.05, 3.63) is 76.5 Å². The van der Waals surface area contributed by atoms with Crippen LogP contribution in [0, 0.1) is 0 Å². The van der Waals surface area contributed by atoms with Gasteiger partial charge in [0.15, 0.2) is 5.78 Å². The van der Waals surface area contributed by atoms with Gasteiger partial charge in [-0.3, -0.25) is 4.79 Å². The fraction of sp³-hybridized carbons (Fsp3) is 0.158. The third kappa shape index (κ3) is 4.03. The summed E-state index contributed by atoms with van der Waals surface area (Å²) in [6.07, 6.45) is 1.42. The second kappa shape index (κ2) is 8.31. The van der Waals surface area contributed by atoms with Crippen LogP contribution in [0.25, 0.3) is 5.57 Å². The van der Waals surface area contributed by atoms with Gasteiger partial charge in [-0.05, 0) is 23.3 Å². The average molecular weight is 345 g/mol. The third-order valence-corrected chi connectivity index (χ3v) is 3.80. The number of Topliss-reactive ketones (excluding diaryl/α,β-unsaturated/α-hetero) is 1. The van der Waals surface area contributed by atoms with Crippen molar-refractivity contribution in [2.45, 2.75) is 6.42 Å². The Morgan fingerprint density at radius 2 is 1.62 bits per heavy atom. The smallest absolute Gasteiger partial charge is 0.341 e. The Hall–Kier alpha value is -2.59. The highest BCUT2D eigenvalue weighted by Gasteiger charge is 2.19. The number of ether oxygens (including phenoxy) is 2. The molecule has 4 nitrogen and oxygen atoms in total. The van der Waals surface area contributed by atoms with Gasteiger partial charge in [0, 0.05) is 12.0 Å². The van der Waals surface area contributed by atoms with Crippen molar-refractivity contribution in [3.63, 3.8) is 0 Å². The van der Waals surface area contributed by atoms with Crippen LogP contribution >= 0.6 is 11.6 Å². The van der Waals surface area contributed by atoms with E-state index >= 15 is 0 Å². The molecule has 0 aromatic heterocycles. The van der Waals surface area contributed by atoms with Crippen LogP contribution in [0.5, 0.6) is 0 Å². The zero-order valence-electron chi connectivity index (χ0n) is 13.4. The summed E-state index contributed by atoms with van der Waals surface area (Å²) >= 11 is 6.08. The maximum absolute atomic E-state index is 12.6. The van der Waals surface area contributed by atoms with Gasteiger partial charge in [0.1, 0.15) is 5.57 Å². The molecular weight excluding hydrogens is 328 g/mol. The molecule has 0 spiro atoms. The highest BCUT2D eigenvalue weighted by atomic mass is 35.5. The first kappa shape index (κ1) is 17.8. The van der Waals surface area contributed by atoms with E-state index in [0.29, 0.717) is 21.7 Å². The molecule has 2 aromatic carbocycles. The van der Waals surface area contributed by atoms with Gasteiger partial charge < -0.3 is 9.47 Å². The number of halogens is 1. The molecule has 0 saturated heterocycles. The van der Waals surface area contributed by atoms with Crippen LogP contribution < -0.4 is 0 Å². The lowest BCUT2D eigenvalue weighted by Gasteiger charge is -2.11. The van der Waals surface area contributed by atoms with E-state index in [1.165, 1.54) is 20.5 Å². The molecule has 0 bridgehead atoms. The fourth-order valence-corrected chi connectivity index (χ4v) is 2.58. The molecule has 0 N–H and O–H groups in total. The lowest BCUT2D eigenvalue weighted by Crippen LogP contribution is -2.10. The summed E-state index contributed by atoms with van der Waals surface area (Å²) < 4.78 is 9.77. The maximum atomic E-state index is 12.6. The molecule has 2 aromatic rings. The minimum Gasteiger partial charge on any atom is -0.503 e. The van der Waals surface area contributed by atoms with Crippen molar-refractivity contribution >= 4 is 28.9 Å². The number of ketones is 1. The second-order valence-electron chi connectivity index (χ2n) is 5.00. The fourth-order valence-electron chi connectivity index (χ4n) is 2.34. The number of esters is 1. The van der Waals surface area contributed by atoms with E-state index in [1.54, 1.807) is 48.5 Å². The Morgan fingerprint density at radius 1 is 1.00 bits per heavy atom. The Labute approximate surface area is 145 Å². The predicted octanol–water partition coefficient (Wildman–Crippen LogP) is 3.93. The van der Waals surface area contributed by atoms with Crippen molar-refractivity contribution in [3.8, 4) is 0 Å². The molecule has 0 saturated carbocycles. The number of hydrogen-bond donors (Lipinski definition) is 0. The molecule has 0 aliphatic carbocycles. The lowest BCUT2D eigenvalue weighted by atomic mass is 9.95. The molecule has 0 unspecified atom stereocenters. The first-order valence-electron chi connectivity index (χ1n) is 7.25. The Bertz CT molecular complexity index is 780. The number of hydrogen-bond acceptors (Lipinski definition) is 4. The first-order valence-corrected chi connectivity index (χ1v) is 7.63. The number of methoxy groups -OCH3 is 2. The molecule has 0 amide bonds. The summed E-state index contributed by atoms with van der Waals surface area (Å²) in [6.45, 7) is 0. The molecule has 2 rings (SSSR count). The number of carbonyl (C=O) groups is 2. The van der Waals surface area contributed by atoms with Crippen LogP contribution in [-0.4, -0.2) is 26.0 Å². The summed E-state index contributed by atoms with van der Waals surface area (Å²) in [5.41, 5.74) is 1.98. The SMILES string of the molecule is COC=C(C(=O)OC)c1ccccc1CC(=O)c1ccccc1Cl. The van der Waals surface area contributed by atoms with Crippen molar-refractivity contribution in [1.82, 2.24) is 0 Å². The lowest BCUT2D eigenvalue weighted by molar-refractivity contribution is -0.133. The highest BCUT2D eigenvalue weighted by Crippen LogP contribution is 2.24. The average Bonchev–Trinajstić information content (AvgIpc) is 2.60. The summed E-state index contributed by atoms with van der Waals surface area (Å²) in [4.78, 5) is 24.5. The van der Waals surface area contributed by atoms with Gasteiger partial charge in [-0.15, -0.1) is 0 Å². The van der Waals surface area contributed by atoms with Gasteiger partial charge in [0.05, 0.1) is 25.5 Å². The summed E-state index contributed by atoms with van der Waals surface area (Å²) in [7, 11) is 2.74. The van der Waals surface area contributed by atoms with E-state index < -0.39 is 5.97 Å². The number of rotatable bonds is 6. The standard InChI is InChI=1S/C19H17ClO4/c1-23-12-16(19(22)24-2)14-8-4-3-7-13(14)11-18(21)15-9-5-6-10-17(15)20/h3-10,12H,11H2,1-2H3. The Balaban J connectivity index is 2.39. The molecule has 5 heteroatoms. The molecule has 0 heterocycles. The molecule has 24 heavy (non-hydrogen) atoms. The minimum absolute atomic E-state index is 0.109. The van der Waals surface area contributed by atoms with Crippen molar-refractivity contribution in [1.29, 1.82) is 0 Å². The number of carbonyl (C=O) groups excluding carboxylic acids is 2. The highest BCUT2D eigenvalue weighted by molar-refractivity contribution is 6.34. The van der Waals surface area contributed by atoms with Crippen molar-refractivity contribution in [2.24, 2.45) is 0 Å². The molecule has 0 aliphatic rings. The van der Waals surface area contributed by atoms with Gasteiger partial charge >= 0.3 is 5.97 Å². The zero-order chi connectivity index (χ0) is 17.5. The molecular formula is C19H17ClO4. The van der Waals surface area contributed by atoms with E-state index in [1.807, 2.05) is 0 Å². The van der Waals surface area contributed by atoms with Crippen molar-refractivity contribution in [2.75, 3.05) is 14.2 Å². The minimum atomic E-state index is -0.533. The van der Waals surface area contributed by atoms with E-state index in [2.05, 4.69) is 0 Å². The number of benzene rings is 2. The van der Waals surface area contributed by atoms with Crippen LogP contribution in [0.4, 0.5) is 0 Å². The third-order valence-electron chi connectivity index (χ3n) is 3.47. The van der Waals surface area contributed by atoms with Gasteiger partial charge in [-0.25, -0.2) is 4.79 Å². The van der Waals surface area contributed by atoms with Gasteiger partial charge in [0.2, 0.25) is 0 Å². The molecule has 0 aliphatic heterocycles. The zero-order valence-corrected chi connectivity index (χ0v) is 14.2. The predicted molar refractivity (Wildman–Crippen MR) is 92.9 cm³/mol. The normalized spacial score (nSPS) is 11.0. The largest absolute Gasteiger partial charge is 0.503 e. The van der Waals surface area contributed by atoms with Crippen LogP contribution in [0.3, 0.4) is 0 Å². The van der Waals surface area contributed by atoms with E-state index in [0.717, 1.165) is 0 Å². The van der Waals surface area contributed by atoms with E-state index in [9.17, 15) is 9.59 Å². The summed E-state index contributed by atoms with van der Waals surface area (Å²) in [5, 5.41) is 0.403. The Morgan fingerprint density at radius 3 is 2.25 bits per heavy atom. The maximum Gasteiger partial charge on any atom is 0.341 e. The van der Waals surface area contributed by atoms with Gasteiger partial charge in [-0.2, -0.15) is 0 Å². The van der Waals surface area contributed by atoms with E-state index in [4.69, 9.17) is 21.1 Å². The van der Waals surface area contributed by atoms with Crippen LogP contribution in [0.15, 0.2) is 54.8 Å². The Kier molecular flexibility index (Phi) is 6.15. The molecule has 0 fully saturated rings. The van der Waals surface area contributed by atoms with Gasteiger partial charge in [0.25, 0.3) is 0 Å². The summed E-state index contributed by atoms with van der Waals surface area (Å²) in [6, 6.07) is 14.0. The van der Waals surface area contributed by atoms with Crippen LogP contribution in [0.2, 0.25) is 5.02 Å². The van der Waals surface area contributed by atoms with E-state index in [-0.39, 0.29) is 17.8 Å². The van der Waals surface area contributed by atoms with Crippen molar-refractivity contribution < 1.29 is 19.1 Å².